The minimum atomic E-state index is -0.550. The zero-order valence-corrected chi connectivity index (χ0v) is 17.8. The summed E-state index contributed by atoms with van der Waals surface area (Å²) in [5, 5.41) is 0. The summed E-state index contributed by atoms with van der Waals surface area (Å²) >= 11 is 0. The van der Waals surface area contributed by atoms with Crippen LogP contribution in [-0.2, 0) is 19.1 Å². The fourth-order valence-electron chi connectivity index (χ4n) is 5.07. The monoisotopic (exact) mass is 406 g/mol. The van der Waals surface area contributed by atoms with E-state index < -0.39 is 11.8 Å². The first kappa shape index (κ1) is 20.6. The smallest absolute Gasteiger partial charge is 0.310 e. The molecule has 0 amide bonds. The summed E-state index contributed by atoms with van der Waals surface area (Å²) in [4.78, 5) is 26.6. The van der Waals surface area contributed by atoms with Gasteiger partial charge in [-0.15, -0.1) is 0 Å². The van der Waals surface area contributed by atoms with Crippen LogP contribution in [0.3, 0.4) is 0 Å². The van der Waals surface area contributed by atoms with E-state index in [1.807, 2.05) is 24.3 Å². The highest BCUT2D eigenvalue weighted by Gasteiger charge is 2.56. The Balaban J connectivity index is 1.78. The van der Waals surface area contributed by atoms with Crippen LogP contribution in [0.2, 0.25) is 0 Å². The van der Waals surface area contributed by atoms with E-state index in [-0.39, 0.29) is 23.8 Å². The SMILES string of the molecule is CCCCOC(=O)C1C2c3ccccc3C(c3ccccc32)C1C(=O)OCCCC. The Hall–Kier alpha value is -2.62. The third-order valence-electron chi connectivity index (χ3n) is 6.47. The van der Waals surface area contributed by atoms with E-state index in [0.717, 1.165) is 47.9 Å². The number of hydrogen-bond acceptors (Lipinski definition) is 4. The second kappa shape index (κ2) is 9.03. The molecule has 5 rings (SSSR count). The normalized spacial score (nSPS) is 23.4. The highest BCUT2D eigenvalue weighted by molar-refractivity contribution is 5.88. The van der Waals surface area contributed by atoms with Gasteiger partial charge in [-0.05, 0) is 35.1 Å². The van der Waals surface area contributed by atoms with Gasteiger partial charge >= 0.3 is 11.9 Å². The number of carbonyl (C=O) groups is 2. The highest BCUT2D eigenvalue weighted by Crippen LogP contribution is 2.58. The van der Waals surface area contributed by atoms with Crippen molar-refractivity contribution in [3.8, 4) is 0 Å². The van der Waals surface area contributed by atoms with Crippen LogP contribution in [0.15, 0.2) is 48.5 Å². The fraction of sp³-hybridized carbons (Fsp3) is 0.462. The van der Waals surface area contributed by atoms with Crippen LogP contribution in [0.5, 0.6) is 0 Å². The average Bonchev–Trinajstić information content (AvgIpc) is 2.78. The van der Waals surface area contributed by atoms with Crippen LogP contribution in [0.25, 0.3) is 0 Å². The predicted octanol–water partition coefficient (Wildman–Crippen LogP) is 5.20. The molecule has 0 aliphatic heterocycles. The minimum absolute atomic E-state index is 0.180. The predicted molar refractivity (Wildman–Crippen MR) is 115 cm³/mol. The summed E-state index contributed by atoms with van der Waals surface area (Å²) in [6, 6.07) is 16.4. The molecule has 2 aromatic carbocycles. The van der Waals surface area contributed by atoms with Gasteiger partial charge in [0.15, 0.2) is 0 Å². The Morgan fingerprint density at radius 3 is 1.30 bits per heavy atom. The van der Waals surface area contributed by atoms with Gasteiger partial charge in [-0.25, -0.2) is 0 Å². The fourth-order valence-corrected chi connectivity index (χ4v) is 5.07. The van der Waals surface area contributed by atoms with Crippen LogP contribution in [0, 0.1) is 11.8 Å². The number of carbonyl (C=O) groups excluding carboxylic acids is 2. The number of unbranched alkanes of at least 4 members (excludes halogenated alkanes) is 2. The molecule has 3 aliphatic rings. The van der Waals surface area contributed by atoms with Crippen LogP contribution >= 0.6 is 0 Å². The van der Waals surface area contributed by atoms with Crippen LogP contribution in [-0.4, -0.2) is 25.2 Å². The largest absolute Gasteiger partial charge is 0.465 e. The van der Waals surface area contributed by atoms with Gasteiger partial charge in [0.05, 0.1) is 25.0 Å². The molecule has 0 heterocycles. The van der Waals surface area contributed by atoms with Crippen molar-refractivity contribution in [2.24, 2.45) is 11.8 Å². The summed E-state index contributed by atoms with van der Waals surface area (Å²) in [5.74, 6) is -2.02. The molecule has 3 aliphatic carbocycles. The lowest BCUT2D eigenvalue weighted by Crippen LogP contribution is -2.48. The number of esters is 2. The first-order valence-electron chi connectivity index (χ1n) is 11.2. The first-order chi connectivity index (χ1) is 14.7. The molecule has 0 aromatic heterocycles. The first-order valence-corrected chi connectivity index (χ1v) is 11.2. The molecule has 4 nitrogen and oxygen atoms in total. The van der Waals surface area contributed by atoms with Gasteiger partial charge in [-0.2, -0.15) is 0 Å². The third kappa shape index (κ3) is 3.53. The average molecular weight is 407 g/mol. The van der Waals surface area contributed by atoms with Crippen LogP contribution in [0.1, 0.15) is 73.6 Å². The third-order valence-corrected chi connectivity index (χ3v) is 6.47. The molecule has 2 aromatic rings. The molecule has 4 heteroatoms. The van der Waals surface area contributed by atoms with E-state index in [1.165, 1.54) is 0 Å². The van der Waals surface area contributed by atoms with E-state index in [0.29, 0.717) is 13.2 Å². The molecule has 0 radical (unpaired) electrons. The summed E-state index contributed by atoms with van der Waals surface area (Å²) in [7, 11) is 0. The van der Waals surface area contributed by atoms with Gasteiger partial charge in [-0.1, -0.05) is 75.2 Å². The van der Waals surface area contributed by atoms with Crippen molar-refractivity contribution >= 4 is 11.9 Å². The second-order valence-corrected chi connectivity index (χ2v) is 8.31. The molecule has 2 bridgehead atoms. The molecule has 158 valence electrons. The van der Waals surface area contributed by atoms with Gasteiger partial charge in [-0.3, -0.25) is 9.59 Å². The summed E-state index contributed by atoms with van der Waals surface area (Å²) in [5.41, 5.74) is 4.54. The van der Waals surface area contributed by atoms with Gasteiger partial charge in [0, 0.05) is 11.8 Å². The maximum Gasteiger partial charge on any atom is 0.310 e. The molecule has 2 atom stereocenters. The lowest BCUT2D eigenvalue weighted by atomic mass is 9.54. The van der Waals surface area contributed by atoms with E-state index in [4.69, 9.17) is 9.47 Å². The van der Waals surface area contributed by atoms with Crippen molar-refractivity contribution in [3.05, 3.63) is 70.8 Å². The summed E-state index contributed by atoms with van der Waals surface area (Å²) < 4.78 is 11.3. The van der Waals surface area contributed by atoms with Gasteiger partial charge < -0.3 is 9.47 Å². The topological polar surface area (TPSA) is 52.6 Å². The number of benzene rings is 2. The Bertz CT molecular complexity index is 797. The molecule has 0 saturated carbocycles. The van der Waals surface area contributed by atoms with Crippen molar-refractivity contribution in [2.45, 2.75) is 51.4 Å². The molecule has 0 fully saturated rings. The molecule has 0 N–H and O–H groups in total. The van der Waals surface area contributed by atoms with E-state index in [9.17, 15) is 9.59 Å². The molecule has 2 unspecified atom stereocenters. The standard InChI is InChI=1S/C26H30O4/c1-3-5-15-29-25(27)23-21-17-11-7-9-13-19(17)22(20-14-10-8-12-18(20)21)24(23)26(28)30-16-6-4-2/h7-14,21-24H,3-6,15-16H2,1-2H3. The maximum absolute atomic E-state index is 13.3. The zero-order valence-electron chi connectivity index (χ0n) is 17.8. The number of fused-ring (bicyclic) bond motifs is 1. The van der Waals surface area contributed by atoms with E-state index in [2.05, 4.69) is 38.1 Å². The van der Waals surface area contributed by atoms with E-state index in [1.54, 1.807) is 0 Å². The number of rotatable bonds is 8. The number of hydrogen-bond donors (Lipinski definition) is 0. The van der Waals surface area contributed by atoms with Crippen molar-refractivity contribution in [3.63, 3.8) is 0 Å². The molecule has 30 heavy (non-hydrogen) atoms. The minimum Gasteiger partial charge on any atom is -0.465 e. The van der Waals surface area contributed by atoms with Crippen LogP contribution in [0.4, 0.5) is 0 Å². The Morgan fingerprint density at radius 2 is 1.00 bits per heavy atom. The Labute approximate surface area is 178 Å². The van der Waals surface area contributed by atoms with Crippen LogP contribution < -0.4 is 0 Å². The Kier molecular flexibility index (Phi) is 6.21. The second-order valence-electron chi connectivity index (χ2n) is 8.31. The van der Waals surface area contributed by atoms with Gasteiger partial charge in [0.25, 0.3) is 0 Å². The van der Waals surface area contributed by atoms with Crippen molar-refractivity contribution in [1.29, 1.82) is 0 Å². The quantitative estimate of drug-likeness (QED) is 0.447. The maximum atomic E-state index is 13.3. The highest BCUT2D eigenvalue weighted by atomic mass is 16.5. The molecule has 0 spiro atoms. The zero-order chi connectivity index (χ0) is 21.1. The molecular formula is C26H30O4. The lowest BCUT2D eigenvalue weighted by molar-refractivity contribution is -0.163. The van der Waals surface area contributed by atoms with Gasteiger partial charge in [0.2, 0.25) is 0 Å². The van der Waals surface area contributed by atoms with Gasteiger partial charge in [0.1, 0.15) is 0 Å². The Morgan fingerprint density at radius 1 is 0.667 bits per heavy atom. The lowest BCUT2D eigenvalue weighted by Gasteiger charge is -2.48. The molecular weight excluding hydrogens is 376 g/mol. The number of ether oxygens (including phenoxy) is 2. The summed E-state index contributed by atoms with van der Waals surface area (Å²) in [6.07, 6.45) is 3.56. The van der Waals surface area contributed by atoms with E-state index >= 15 is 0 Å². The summed E-state index contributed by atoms with van der Waals surface area (Å²) in [6.45, 7) is 4.92. The molecule has 0 saturated heterocycles. The van der Waals surface area contributed by atoms with Crippen molar-refractivity contribution in [1.82, 2.24) is 0 Å². The van der Waals surface area contributed by atoms with Crippen molar-refractivity contribution in [2.75, 3.05) is 13.2 Å². The van der Waals surface area contributed by atoms with Crippen molar-refractivity contribution < 1.29 is 19.1 Å².